The highest BCUT2D eigenvalue weighted by Gasteiger charge is 2.27. The summed E-state index contributed by atoms with van der Waals surface area (Å²) in [5.74, 6) is 2.89. The molecular weight excluding hydrogens is 188 g/mol. The molecule has 0 amide bonds. The zero-order valence-corrected chi connectivity index (χ0v) is 9.24. The number of hydrogen-bond donors (Lipinski definition) is 1. The summed E-state index contributed by atoms with van der Waals surface area (Å²) in [7, 11) is 2.03. The molecule has 2 fully saturated rings. The lowest BCUT2D eigenvalue weighted by Gasteiger charge is -2.23. The molecule has 1 aromatic heterocycles. The molecule has 3 rings (SSSR count). The van der Waals surface area contributed by atoms with E-state index in [-0.39, 0.29) is 0 Å². The molecule has 1 saturated carbocycles. The van der Waals surface area contributed by atoms with Crippen LogP contribution in [0.1, 0.15) is 55.7 Å². The van der Waals surface area contributed by atoms with Gasteiger partial charge < -0.3 is 5.32 Å². The number of aromatic nitrogens is 3. The van der Waals surface area contributed by atoms with Gasteiger partial charge in [0.2, 0.25) is 0 Å². The van der Waals surface area contributed by atoms with Crippen LogP contribution in [-0.2, 0) is 7.05 Å². The molecule has 1 unspecified atom stereocenters. The Kier molecular flexibility index (Phi) is 2.24. The standard InChI is InChI=1S/C11H18N4/c1-15-11(8-4-2-5-8)13-10(14-15)9-6-3-7-12-9/h8-9,12H,2-7H2,1H3. The lowest BCUT2D eigenvalue weighted by Crippen LogP contribution is -2.15. The van der Waals surface area contributed by atoms with Crippen molar-refractivity contribution < 1.29 is 0 Å². The van der Waals surface area contributed by atoms with Crippen molar-refractivity contribution in [1.82, 2.24) is 20.1 Å². The topological polar surface area (TPSA) is 42.7 Å². The Morgan fingerprint density at radius 1 is 1.27 bits per heavy atom. The highest BCUT2D eigenvalue weighted by Crippen LogP contribution is 2.35. The van der Waals surface area contributed by atoms with E-state index in [1.165, 1.54) is 37.9 Å². The van der Waals surface area contributed by atoms with Gasteiger partial charge in [0.15, 0.2) is 5.82 Å². The maximum atomic E-state index is 4.70. The van der Waals surface area contributed by atoms with Crippen LogP contribution in [-0.4, -0.2) is 21.3 Å². The first-order chi connectivity index (χ1) is 7.34. The van der Waals surface area contributed by atoms with Crippen LogP contribution in [0, 0.1) is 0 Å². The molecule has 1 aliphatic carbocycles. The fourth-order valence-corrected chi connectivity index (χ4v) is 2.49. The van der Waals surface area contributed by atoms with E-state index in [1.807, 2.05) is 11.7 Å². The van der Waals surface area contributed by atoms with Crippen LogP contribution in [0.2, 0.25) is 0 Å². The fourth-order valence-electron chi connectivity index (χ4n) is 2.49. The average molecular weight is 206 g/mol. The van der Waals surface area contributed by atoms with E-state index in [4.69, 9.17) is 4.98 Å². The molecular formula is C11H18N4. The van der Waals surface area contributed by atoms with Gasteiger partial charge in [-0.25, -0.2) is 4.98 Å². The van der Waals surface area contributed by atoms with Gasteiger partial charge in [0, 0.05) is 13.0 Å². The van der Waals surface area contributed by atoms with Crippen LogP contribution in [0.5, 0.6) is 0 Å². The molecule has 0 aromatic carbocycles. The van der Waals surface area contributed by atoms with E-state index >= 15 is 0 Å². The molecule has 1 aromatic rings. The summed E-state index contributed by atoms with van der Waals surface area (Å²) in [5, 5.41) is 7.99. The first kappa shape index (κ1) is 9.33. The molecule has 15 heavy (non-hydrogen) atoms. The van der Waals surface area contributed by atoms with Crippen molar-refractivity contribution in [3.8, 4) is 0 Å². The summed E-state index contributed by atoms with van der Waals surface area (Å²) in [6.07, 6.45) is 6.39. The molecule has 1 saturated heterocycles. The minimum atomic E-state index is 0.407. The van der Waals surface area contributed by atoms with Crippen LogP contribution in [0.15, 0.2) is 0 Å². The zero-order valence-electron chi connectivity index (χ0n) is 9.24. The van der Waals surface area contributed by atoms with Crippen LogP contribution >= 0.6 is 0 Å². The van der Waals surface area contributed by atoms with Crippen molar-refractivity contribution in [2.45, 2.75) is 44.1 Å². The third-order valence-electron chi connectivity index (χ3n) is 3.66. The van der Waals surface area contributed by atoms with E-state index in [9.17, 15) is 0 Å². The largest absolute Gasteiger partial charge is 0.307 e. The third kappa shape index (κ3) is 1.57. The molecule has 2 heterocycles. The molecule has 4 heteroatoms. The number of aryl methyl sites for hydroxylation is 1. The minimum absolute atomic E-state index is 0.407. The molecule has 82 valence electrons. The highest BCUT2D eigenvalue weighted by atomic mass is 15.3. The number of rotatable bonds is 2. The van der Waals surface area contributed by atoms with Gasteiger partial charge in [-0.3, -0.25) is 4.68 Å². The first-order valence-electron chi connectivity index (χ1n) is 5.99. The molecule has 0 radical (unpaired) electrons. The molecule has 1 N–H and O–H groups in total. The van der Waals surface area contributed by atoms with Gasteiger partial charge in [-0.1, -0.05) is 6.42 Å². The Bertz CT molecular complexity index is 347. The molecule has 0 bridgehead atoms. The molecule has 4 nitrogen and oxygen atoms in total. The minimum Gasteiger partial charge on any atom is -0.307 e. The molecule has 0 spiro atoms. The summed E-state index contributed by atoms with van der Waals surface area (Å²) in [4.78, 5) is 4.70. The summed E-state index contributed by atoms with van der Waals surface area (Å²) in [5.41, 5.74) is 0. The van der Waals surface area contributed by atoms with E-state index in [2.05, 4.69) is 10.4 Å². The monoisotopic (exact) mass is 206 g/mol. The van der Waals surface area contributed by atoms with E-state index in [0.717, 1.165) is 12.4 Å². The maximum Gasteiger partial charge on any atom is 0.167 e. The molecule has 2 aliphatic rings. The number of nitrogens with one attached hydrogen (secondary N) is 1. The van der Waals surface area contributed by atoms with E-state index in [1.54, 1.807) is 0 Å². The smallest absolute Gasteiger partial charge is 0.167 e. The maximum absolute atomic E-state index is 4.70. The second-order valence-corrected chi connectivity index (χ2v) is 4.73. The Hall–Kier alpha value is -0.900. The number of nitrogens with zero attached hydrogens (tertiary/aromatic N) is 3. The predicted molar refractivity (Wildman–Crippen MR) is 57.6 cm³/mol. The summed E-state index contributed by atoms with van der Waals surface area (Å²) in [6, 6.07) is 0.407. The summed E-state index contributed by atoms with van der Waals surface area (Å²) >= 11 is 0. The van der Waals surface area contributed by atoms with Gasteiger partial charge in [-0.05, 0) is 32.2 Å². The van der Waals surface area contributed by atoms with Gasteiger partial charge >= 0.3 is 0 Å². The van der Waals surface area contributed by atoms with Gasteiger partial charge in [0.25, 0.3) is 0 Å². The predicted octanol–water partition coefficient (Wildman–Crippen LogP) is 1.51. The summed E-state index contributed by atoms with van der Waals surface area (Å²) < 4.78 is 1.99. The highest BCUT2D eigenvalue weighted by molar-refractivity contribution is 5.06. The lowest BCUT2D eigenvalue weighted by molar-refractivity contribution is 0.388. The van der Waals surface area contributed by atoms with Crippen molar-refractivity contribution in [3.05, 3.63) is 11.6 Å². The van der Waals surface area contributed by atoms with Gasteiger partial charge in [0.05, 0.1) is 6.04 Å². The van der Waals surface area contributed by atoms with Crippen molar-refractivity contribution in [2.24, 2.45) is 7.05 Å². The van der Waals surface area contributed by atoms with Crippen LogP contribution in [0.4, 0.5) is 0 Å². The van der Waals surface area contributed by atoms with Crippen molar-refractivity contribution >= 4 is 0 Å². The lowest BCUT2D eigenvalue weighted by atomic mass is 9.85. The second kappa shape index (κ2) is 3.59. The van der Waals surface area contributed by atoms with Gasteiger partial charge in [-0.15, -0.1) is 0 Å². The molecule has 1 atom stereocenters. The van der Waals surface area contributed by atoms with E-state index in [0.29, 0.717) is 12.0 Å². The summed E-state index contributed by atoms with van der Waals surface area (Å²) in [6.45, 7) is 1.11. The van der Waals surface area contributed by atoms with Crippen molar-refractivity contribution in [3.63, 3.8) is 0 Å². The Morgan fingerprint density at radius 2 is 2.13 bits per heavy atom. The Labute approximate surface area is 90.1 Å². The van der Waals surface area contributed by atoms with Crippen LogP contribution in [0.25, 0.3) is 0 Å². The Morgan fingerprint density at radius 3 is 2.73 bits per heavy atom. The third-order valence-corrected chi connectivity index (χ3v) is 3.66. The van der Waals surface area contributed by atoms with Crippen molar-refractivity contribution in [1.29, 1.82) is 0 Å². The molecule has 1 aliphatic heterocycles. The van der Waals surface area contributed by atoms with E-state index < -0.39 is 0 Å². The van der Waals surface area contributed by atoms with Crippen molar-refractivity contribution in [2.75, 3.05) is 6.54 Å². The fraction of sp³-hybridized carbons (Fsp3) is 0.818. The Balaban J connectivity index is 1.83. The number of hydrogen-bond acceptors (Lipinski definition) is 3. The zero-order chi connectivity index (χ0) is 10.3. The average Bonchev–Trinajstić information content (AvgIpc) is 2.72. The van der Waals surface area contributed by atoms with Crippen LogP contribution in [0.3, 0.4) is 0 Å². The quantitative estimate of drug-likeness (QED) is 0.797. The normalized spacial score (nSPS) is 26.9. The van der Waals surface area contributed by atoms with Gasteiger partial charge in [0.1, 0.15) is 5.82 Å². The van der Waals surface area contributed by atoms with Crippen LogP contribution < -0.4 is 5.32 Å². The SMILES string of the molecule is Cn1nc(C2CCCN2)nc1C1CCC1. The second-order valence-electron chi connectivity index (χ2n) is 4.73. The first-order valence-corrected chi connectivity index (χ1v) is 5.99. The van der Waals surface area contributed by atoms with Gasteiger partial charge in [-0.2, -0.15) is 5.10 Å².